The molecular weight excluding hydrogens is 302 g/mol. The van der Waals surface area contributed by atoms with E-state index < -0.39 is 0 Å². The van der Waals surface area contributed by atoms with Crippen molar-refractivity contribution in [2.24, 2.45) is 11.7 Å². The van der Waals surface area contributed by atoms with E-state index in [9.17, 15) is 4.79 Å². The van der Waals surface area contributed by atoms with Crippen molar-refractivity contribution in [1.82, 2.24) is 9.88 Å². The summed E-state index contributed by atoms with van der Waals surface area (Å²) < 4.78 is 5.76. The van der Waals surface area contributed by atoms with Gasteiger partial charge in [-0.15, -0.1) is 0 Å². The second kappa shape index (κ2) is 7.62. The maximum Gasteiger partial charge on any atom is 0.223 e. The Hall–Kier alpha value is -2.14. The molecule has 0 aliphatic carbocycles. The maximum absolute atomic E-state index is 12.3. The summed E-state index contributed by atoms with van der Waals surface area (Å²) >= 11 is 0. The number of hydrogen-bond acceptors (Lipinski definition) is 4. The van der Waals surface area contributed by atoms with Gasteiger partial charge in [0, 0.05) is 37.5 Å². The molecule has 1 aromatic carbocycles. The number of rotatable bonds is 5. The highest BCUT2D eigenvalue weighted by molar-refractivity contribution is 5.76. The zero-order chi connectivity index (χ0) is 16.9. The number of amides is 1. The van der Waals surface area contributed by atoms with Gasteiger partial charge in [-0.05, 0) is 25.7 Å². The molecule has 0 radical (unpaired) electrons. The molecule has 2 aromatic rings. The van der Waals surface area contributed by atoms with Crippen LogP contribution in [-0.2, 0) is 11.2 Å². The van der Waals surface area contributed by atoms with Gasteiger partial charge in [-0.2, -0.15) is 0 Å². The summed E-state index contributed by atoms with van der Waals surface area (Å²) in [6, 6.07) is 10.1. The summed E-state index contributed by atoms with van der Waals surface area (Å²) in [6.45, 7) is 3.67. The summed E-state index contributed by atoms with van der Waals surface area (Å²) in [5.74, 6) is 2.08. The summed E-state index contributed by atoms with van der Waals surface area (Å²) in [6.07, 6.45) is 4.71. The fraction of sp³-hybridized carbons (Fsp3) is 0.474. The van der Waals surface area contributed by atoms with Crippen LogP contribution in [0.4, 0.5) is 0 Å². The number of likely N-dealkylation sites (tertiary alicyclic amines) is 1. The highest BCUT2D eigenvalue weighted by atomic mass is 16.4. The lowest BCUT2D eigenvalue weighted by Crippen LogP contribution is -2.42. The molecule has 1 saturated heterocycles. The number of aryl methyl sites for hydroxylation is 1. The van der Waals surface area contributed by atoms with Crippen LogP contribution in [0, 0.1) is 5.92 Å². The molecule has 0 saturated carbocycles. The monoisotopic (exact) mass is 327 g/mol. The predicted octanol–water partition coefficient (Wildman–Crippen LogP) is 2.86. The van der Waals surface area contributed by atoms with Crippen LogP contribution in [0.3, 0.4) is 0 Å². The highest BCUT2D eigenvalue weighted by Gasteiger charge is 2.24. The lowest BCUT2D eigenvalue weighted by atomic mass is 9.91. The summed E-state index contributed by atoms with van der Waals surface area (Å²) in [5.41, 5.74) is 6.95. The molecule has 1 unspecified atom stereocenters. The van der Waals surface area contributed by atoms with Crippen LogP contribution in [-0.4, -0.2) is 34.9 Å². The van der Waals surface area contributed by atoms with Gasteiger partial charge in [-0.3, -0.25) is 4.79 Å². The van der Waals surface area contributed by atoms with Crippen molar-refractivity contribution in [3.05, 3.63) is 42.4 Å². The number of aromatic nitrogens is 1. The topological polar surface area (TPSA) is 72.4 Å². The van der Waals surface area contributed by atoms with Crippen molar-refractivity contribution >= 4 is 5.91 Å². The molecule has 1 atom stereocenters. The third-order valence-corrected chi connectivity index (χ3v) is 4.80. The smallest absolute Gasteiger partial charge is 0.223 e. The van der Waals surface area contributed by atoms with Crippen molar-refractivity contribution in [3.63, 3.8) is 0 Å². The van der Waals surface area contributed by atoms with E-state index in [1.54, 1.807) is 6.20 Å². The van der Waals surface area contributed by atoms with E-state index in [0.717, 1.165) is 37.3 Å². The van der Waals surface area contributed by atoms with E-state index in [-0.39, 0.29) is 11.9 Å². The SMILES string of the molecule is CC(N)C1CCN(C(=O)CCc2ncc(-c3ccccc3)o2)CC1. The van der Waals surface area contributed by atoms with Crippen molar-refractivity contribution < 1.29 is 9.21 Å². The van der Waals surface area contributed by atoms with Crippen LogP contribution in [0.1, 0.15) is 32.1 Å². The molecule has 1 fully saturated rings. The van der Waals surface area contributed by atoms with Crippen molar-refractivity contribution in [1.29, 1.82) is 0 Å². The standard InChI is InChI=1S/C19H25N3O2/c1-14(20)15-9-11-22(12-10-15)19(23)8-7-18-21-13-17(24-18)16-5-3-2-4-6-16/h2-6,13-15H,7-12,20H2,1H3. The molecule has 0 bridgehead atoms. The van der Waals surface area contributed by atoms with Crippen molar-refractivity contribution in [3.8, 4) is 11.3 Å². The van der Waals surface area contributed by atoms with Crippen LogP contribution in [0.2, 0.25) is 0 Å². The highest BCUT2D eigenvalue weighted by Crippen LogP contribution is 2.22. The van der Waals surface area contributed by atoms with E-state index in [1.165, 1.54) is 0 Å². The van der Waals surface area contributed by atoms with Crippen LogP contribution >= 0.6 is 0 Å². The van der Waals surface area contributed by atoms with Gasteiger partial charge in [0.2, 0.25) is 5.91 Å². The Morgan fingerprint density at radius 1 is 1.33 bits per heavy atom. The van der Waals surface area contributed by atoms with Gasteiger partial charge >= 0.3 is 0 Å². The van der Waals surface area contributed by atoms with Crippen LogP contribution < -0.4 is 5.73 Å². The Morgan fingerprint density at radius 3 is 2.71 bits per heavy atom. The molecule has 0 spiro atoms. The molecule has 5 heteroatoms. The lowest BCUT2D eigenvalue weighted by Gasteiger charge is -2.33. The number of piperidine rings is 1. The number of nitrogens with two attached hydrogens (primary N) is 1. The second-order valence-corrected chi connectivity index (χ2v) is 6.56. The number of carbonyl (C=O) groups is 1. The number of nitrogens with zero attached hydrogens (tertiary/aromatic N) is 2. The summed E-state index contributed by atoms with van der Waals surface area (Å²) in [7, 11) is 0. The van der Waals surface area contributed by atoms with Gasteiger partial charge in [-0.25, -0.2) is 4.98 Å². The molecule has 3 rings (SSSR count). The Bertz CT molecular complexity index is 658. The van der Waals surface area contributed by atoms with Crippen LogP contribution in [0.15, 0.2) is 40.9 Å². The van der Waals surface area contributed by atoms with Crippen LogP contribution in [0.25, 0.3) is 11.3 Å². The van der Waals surface area contributed by atoms with E-state index in [0.29, 0.717) is 24.7 Å². The summed E-state index contributed by atoms with van der Waals surface area (Å²) in [5, 5.41) is 0. The van der Waals surface area contributed by atoms with E-state index in [2.05, 4.69) is 11.9 Å². The second-order valence-electron chi connectivity index (χ2n) is 6.56. The fourth-order valence-electron chi connectivity index (χ4n) is 3.21. The Morgan fingerprint density at radius 2 is 2.04 bits per heavy atom. The quantitative estimate of drug-likeness (QED) is 0.916. The molecule has 24 heavy (non-hydrogen) atoms. The molecule has 1 aliphatic rings. The largest absolute Gasteiger partial charge is 0.441 e. The van der Waals surface area contributed by atoms with Gasteiger partial charge in [0.1, 0.15) is 0 Å². The average Bonchev–Trinajstić information content (AvgIpc) is 3.09. The first kappa shape index (κ1) is 16.7. The number of oxazole rings is 1. The van der Waals surface area contributed by atoms with Gasteiger partial charge in [0.15, 0.2) is 11.7 Å². The Kier molecular flexibility index (Phi) is 5.30. The average molecular weight is 327 g/mol. The minimum atomic E-state index is 0.178. The van der Waals surface area contributed by atoms with Crippen LogP contribution in [0.5, 0.6) is 0 Å². The molecule has 1 aromatic heterocycles. The zero-order valence-corrected chi connectivity index (χ0v) is 14.1. The van der Waals surface area contributed by atoms with Gasteiger partial charge in [0.05, 0.1) is 6.20 Å². The first-order valence-electron chi connectivity index (χ1n) is 8.67. The van der Waals surface area contributed by atoms with Gasteiger partial charge < -0.3 is 15.1 Å². The van der Waals surface area contributed by atoms with Gasteiger partial charge in [-0.1, -0.05) is 30.3 Å². The van der Waals surface area contributed by atoms with E-state index in [4.69, 9.17) is 10.2 Å². The minimum absolute atomic E-state index is 0.178. The molecule has 128 valence electrons. The Balaban J connectivity index is 1.50. The zero-order valence-electron chi connectivity index (χ0n) is 14.1. The first-order chi connectivity index (χ1) is 11.6. The molecule has 1 aliphatic heterocycles. The van der Waals surface area contributed by atoms with Crippen molar-refractivity contribution in [2.45, 2.75) is 38.6 Å². The van der Waals surface area contributed by atoms with Crippen molar-refractivity contribution in [2.75, 3.05) is 13.1 Å². The fourth-order valence-corrected chi connectivity index (χ4v) is 3.21. The van der Waals surface area contributed by atoms with Gasteiger partial charge in [0.25, 0.3) is 0 Å². The van der Waals surface area contributed by atoms with E-state index in [1.807, 2.05) is 35.2 Å². The maximum atomic E-state index is 12.3. The molecule has 1 amide bonds. The molecular formula is C19H25N3O2. The first-order valence-corrected chi connectivity index (χ1v) is 8.67. The molecule has 2 heterocycles. The molecule has 2 N–H and O–H groups in total. The number of hydrogen-bond donors (Lipinski definition) is 1. The lowest BCUT2D eigenvalue weighted by molar-refractivity contribution is -0.132. The third-order valence-electron chi connectivity index (χ3n) is 4.80. The minimum Gasteiger partial charge on any atom is -0.441 e. The third kappa shape index (κ3) is 4.03. The number of benzene rings is 1. The molecule has 5 nitrogen and oxygen atoms in total. The summed E-state index contributed by atoms with van der Waals surface area (Å²) in [4.78, 5) is 18.6. The predicted molar refractivity (Wildman–Crippen MR) is 93.2 cm³/mol. The number of carbonyl (C=O) groups excluding carboxylic acids is 1. The Labute approximate surface area is 142 Å². The normalized spacial score (nSPS) is 17.0. The van der Waals surface area contributed by atoms with E-state index >= 15 is 0 Å².